The highest BCUT2D eigenvalue weighted by atomic mass is 15.4. The van der Waals surface area contributed by atoms with E-state index < -0.39 is 0 Å². The molecule has 1 unspecified atom stereocenters. The molecule has 2 aromatic heterocycles. The smallest absolute Gasteiger partial charge is 0.125 e. The molecule has 6 heteroatoms. The van der Waals surface area contributed by atoms with Crippen molar-refractivity contribution in [2.45, 2.75) is 32.4 Å². The van der Waals surface area contributed by atoms with Crippen LogP contribution in [0.1, 0.15) is 18.7 Å². The molecular weight excluding hydrogens is 228 g/mol. The Morgan fingerprint density at radius 3 is 2.94 bits per heavy atom. The molecule has 0 spiro atoms. The maximum atomic E-state index is 4.17. The van der Waals surface area contributed by atoms with Gasteiger partial charge in [0.1, 0.15) is 11.5 Å². The Balaban J connectivity index is 1.74. The van der Waals surface area contributed by atoms with E-state index in [2.05, 4.69) is 25.6 Å². The van der Waals surface area contributed by atoms with E-state index in [0.29, 0.717) is 6.04 Å². The van der Waals surface area contributed by atoms with Crippen molar-refractivity contribution < 1.29 is 0 Å². The number of aryl methyl sites for hydroxylation is 1. The van der Waals surface area contributed by atoms with Gasteiger partial charge in [0.2, 0.25) is 0 Å². The van der Waals surface area contributed by atoms with Crippen LogP contribution in [0.25, 0.3) is 11.3 Å². The zero-order valence-electron chi connectivity index (χ0n) is 10.4. The van der Waals surface area contributed by atoms with Gasteiger partial charge in [0, 0.05) is 24.0 Å². The van der Waals surface area contributed by atoms with E-state index in [4.69, 9.17) is 0 Å². The van der Waals surface area contributed by atoms with Crippen molar-refractivity contribution in [1.82, 2.24) is 30.3 Å². The summed E-state index contributed by atoms with van der Waals surface area (Å²) in [5, 5.41) is 11.8. The van der Waals surface area contributed by atoms with Crippen LogP contribution in [0.2, 0.25) is 0 Å². The molecule has 1 atom stereocenters. The van der Waals surface area contributed by atoms with Crippen molar-refractivity contribution in [3.05, 3.63) is 24.4 Å². The minimum atomic E-state index is 0.522. The summed E-state index contributed by atoms with van der Waals surface area (Å²) in [4.78, 5) is 8.34. The van der Waals surface area contributed by atoms with Crippen LogP contribution in [0.4, 0.5) is 0 Å². The average Bonchev–Trinajstić information content (AvgIpc) is 3.02. The fourth-order valence-electron chi connectivity index (χ4n) is 2.18. The molecule has 3 heterocycles. The largest absolute Gasteiger partial charge is 0.312 e. The Labute approximate surface area is 105 Å². The summed E-state index contributed by atoms with van der Waals surface area (Å²) in [6, 6.07) is 0.522. The molecule has 1 fully saturated rings. The zero-order chi connectivity index (χ0) is 12.4. The maximum Gasteiger partial charge on any atom is 0.125 e. The SMILES string of the molecule is Cc1ncc(-c2cn(CC3CCCN3)nn2)cn1. The first kappa shape index (κ1) is 11.3. The number of rotatable bonds is 3. The van der Waals surface area contributed by atoms with Crippen molar-refractivity contribution in [2.75, 3.05) is 6.54 Å². The van der Waals surface area contributed by atoms with Crippen LogP contribution in [0.5, 0.6) is 0 Å². The van der Waals surface area contributed by atoms with Gasteiger partial charge in [-0.25, -0.2) is 9.97 Å². The molecule has 18 heavy (non-hydrogen) atoms. The zero-order valence-corrected chi connectivity index (χ0v) is 10.4. The van der Waals surface area contributed by atoms with Crippen molar-refractivity contribution in [3.63, 3.8) is 0 Å². The molecule has 1 aliphatic rings. The number of aromatic nitrogens is 5. The minimum Gasteiger partial charge on any atom is -0.312 e. The third-order valence-corrected chi connectivity index (χ3v) is 3.19. The number of hydrogen-bond donors (Lipinski definition) is 1. The van der Waals surface area contributed by atoms with E-state index in [0.717, 1.165) is 30.2 Å². The fraction of sp³-hybridized carbons (Fsp3) is 0.500. The Morgan fingerprint density at radius 1 is 1.39 bits per heavy atom. The van der Waals surface area contributed by atoms with E-state index in [-0.39, 0.29) is 0 Å². The minimum absolute atomic E-state index is 0.522. The molecule has 0 aromatic carbocycles. The summed E-state index contributed by atoms with van der Waals surface area (Å²) in [6.45, 7) is 3.85. The number of hydrogen-bond acceptors (Lipinski definition) is 5. The third-order valence-electron chi connectivity index (χ3n) is 3.19. The van der Waals surface area contributed by atoms with Crippen LogP contribution in [-0.2, 0) is 6.54 Å². The molecule has 1 saturated heterocycles. The Morgan fingerprint density at radius 2 is 2.22 bits per heavy atom. The maximum absolute atomic E-state index is 4.17. The highest BCUT2D eigenvalue weighted by Gasteiger charge is 2.15. The second-order valence-corrected chi connectivity index (χ2v) is 4.64. The molecule has 0 amide bonds. The molecule has 1 aliphatic heterocycles. The van der Waals surface area contributed by atoms with Crippen LogP contribution in [0, 0.1) is 6.92 Å². The molecule has 0 aliphatic carbocycles. The normalized spacial score (nSPS) is 19.3. The Hall–Kier alpha value is -1.82. The first-order chi connectivity index (χ1) is 8.81. The summed E-state index contributed by atoms with van der Waals surface area (Å²) in [5.41, 5.74) is 1.74. The molecule has 94 valence electrons. The van der Waals surface area contributed by atoms with Gasteiger partial charge in [0.05, 0.1) is 12.7 Å². The number of nitrogens with one attached hydrogen (secondary N) is 1. The van der Waals surface area contributed by atoms with Crippen LogP contribution in [0.3, 0.4) is 0 Å². The average molecular weight is 244 g/mol. The van der Waals surface area contributed by atoms with Crippen LogP contribution >= 0.6 is 0 Å². The van der Waals surface area contributed by atoms with Gasteiger partial charge in [0.15, 0.2) is 0 Å². The fourth-order valence-corrected chi connectivity index (χ4v) is 2.18. The quantitative estimate of drug-likeness (QED) is 0.864. The Bertz CT molecular complexity index is 512. The second kappa shape index (κ2) is 4.81. The van der Waals surface area contributed by atoms with Gasteiger partial charge in [-0.15, -0.1) is 5.10 Å². The molecule has 0 radical (unpaired) electrons. The van der Waals surface area contributed by atoms with Crippen molar-refractivity contribution in [2.24, 2.45) is 0 Å². The lowest BCUT2D eigenvalue weighted by atomic mass is 10.2. The van der Waals surface area contributed by atoms with Crippen molar-refractivity contribution >= 4 is 0 Å². The Kier molecular flexibility index (Phi) is 3.02. The molecule has 6 nitrogen and oxygen atoms in total. The van der Waals surface area contributed by atoms with Gasteiger partial charge >= 0.3 is 0 Å². The summed E-state index contributed by atoms with van der Waals surface area (Å²) in [5.74, 6) is 0.765. The third kappa shape index (κ3) is 2.38. The van der Waals surface area contributed by atoms with E-state index in [1.165, 1.54) is 12.8 Å². The molecular formula is C12H16N6. The highest BCUT2D eigenvalue weighted by Crippen LogP contribution is 2.14. The van der Waals surface area contributed by atoms with E-state index in [1.54, 1.807) is 12.4 Å². The molecule has 3 rings (SSSR count). The van der Waals surface area contributed by atoms with E-state index in [9.17, 15) is 0 Å². The van der Waals surface area contributed by atoms with Gasteiger partial charge in [-0.3, -0.25) is 4.68 Å². The first-order valence-electron chi connectivity index (χ1n) is 6.24. The molecule has 2 aromatic rings. The van der Waals surface area contributed by atoms with Crippen LogP contribution in [-0.4, -0.2) is 37.5 Å². The molecule has 0 saturated carbocycles. The molecule has 1 N–H and O–H groups in total. The highest BCUT2D eigenvalue weighted by molar-refractivity contribution is 5.54. The topological polar surface area (TPSA) is 68.5 Å². The van der Waals surface area contributed by atoms with Gasteiger partial charge in [-0.1, -0.05) is 5.21 Å². The summed E-state index contributed by atoms with van der Waals surface area (Å²) in [6.07, 6.45) is 7.98. The van der Waals surface area contributed by atoms with Gasteiger partial charge < -0.3 is 5.32 Å². The first-order valence-corrected chi connectivity index (χ1v) is 6.24. The summed E-state index contributed by atoms with van der Waals surface area (Å²) >= 11 is 0. The van der Waals surface area contributed by atoms with E-state index >= 15 is 0 Å². The summed E-state index contributed by atoms with van der Waals surface area (Å²) < 4.78 is 1.89. The number of nitrogens with zero attached hydrogens (tertiary/aromatic N) is 5. The van der Waals surface area contributed by atoms with Gasteiger partial charge in [-0.05, 0) is 26.3 Å². The predicted octanol–water partition coefficient (Wildman–Crippen LogP) is 0.796. The standard InChI is InChI=1S/C12H16N6/c1-9-14-5-10(6-15-9)12-8-18(17-16-12)7-11-3-2-4-13-11/h5-6,8,11,13H,2-4,7H2,1H3. The molecule has 0 bridgehead atoms. The lowest BCUT2D eigenvalue weighted by Crippen LogP contribution is -2.26. The summed E-state index contributed by atoms with van der Waals surface area (Å²) in [7, 11) is 0. The second-order valence-electron chi connectivity index (χ2n) is 4.64. The van der Waals surface area contributed by atoms with Crippen molar-refractivity contribution in [3.8, 4) is 11.3 Å². The monoisotopic (exact) mass is 244 g/mol. The predicted molar refractivity (Wildman–Crippen MR) is 66.8 cm³/mol. The van der Waals surface area contributed by atoms with E-state index in [1.807, 2.05) is 17.8 Å². The lowest BCUT2D eigenvalue weighted by molar-refractivity contribution is 0.466. The van der Waals surface area contributed by atoms with Crippen LogP contribution in [0.15, 0.2) is 18.6 Å². The van der Waals surface area contributed by atoms with Crippen LogP contribution < -0.4 is 5.32 Å². The van der Waals surface area contributed by atoms with Crippen molar-refractivity contribution in [1.29, 1.82) is 0 Å². The van der Waals surface area contributed by atoms with Gasteiger partial charge in [-0.2, -0.15) is 0 Å². The van der Waals surface area contributed by atoms with Gasteiger partial charge in [0.25, 0.3) is 0 Å². The lowest BCUT2D eigenvalue weighted by Gasteiger charge is -2.08.